The van der Waals surface area contributed by atoms with Gasteiger partial charge in [0.25, 0.3) is 0 Å². The van der Waals surface area contributed by atoms with Crippen molar-refractivity contribution >= 4 is 11.7 Å². The number of nitrogens with zero attached hydrogens (tertiary/aromatic N) is 1. The molecule has 2 aromatic rings. The number of benzene rings is 1. The first-order chi connectivity index (χ1) is 11.9. The highest BCUT2D eigenvalue weighted by atomic mass is 16.4. The van der Waals surface area contributed by atoms with Crippen molar-refractivity contribution in [2.45, 2.75) is 45.1 Å². The molecule has 1 saturated carbocycles. The summed E-state index contributed by atoms with van der Waals surface area (Å²) < 4.78 is 5.73. The molecule has 1 heterocycles. The Hall–Kier alpha value is -2.34. The Balaban J connectivity index is 1.63. The van der Waals surface area contributed by atoms with E-state index in [0.717, 1.165) is 24.2 Å². The first-order valence-corrected chi connectivity index (χ1v) is 8.67. The zero-order chi connectivity index (χ0) is 18.0. The minimum atomic E-state index is -0.560. The van der Waals surface area contributed by atoms with Gasteiger partial charge in [0, 0.05) is 17.2 Å². The van der Waals surface area contributed by atoms with E-state index < -0.39 is 5.54 Å². The van der Waals surface area contributed by atoms with Crippen molar-refractivity contribution in [1.82, 2.24) is 10.3 Å². The fourth-order valence-electron chi connectivity index (χ4n) is 2.80. The standard InChI is InChI=1S/C19H25N3O3/c1-12(2)16-10-20-17(25-16)13-4-8-15(9-5-13)21-18(24)22-19(3,11-23)14-6-7-14/h4-5,8-10,12,14,23H,6-7,11H2,1-3H3,(H2,21,22,24). The van der Waals surface area contributed by atoms with Gasteiger partial charge in [-0.05, 0) is 49.9 Å². The third-order valence-corrected chi connectivity index (χ3v) is 4.69. The predicted octanol–water partition coefficient (Wildman–Crippen LogP) is 3.75. The molecular weight excluding hydrogens is 318 g/mol. The number of carbonyl (C=O) groups is 1. The first-order valence-electron chi connectivity index (χ1n) is 8.67. The highest BCUT2D eigenvalue weighted by Gasteiger charge is 2.42. The summed E-state index contributed by atoms with van der Waals surface area (Å²) in [6.07, 6.45) is 3.83. The van der Waals surface area contributed by atoms with Crippen molar-refractivity contribution < 1.29 is 14.3 Å². The molecule has 0 bridgehead atoms. The van der Waals surface area contributed by atoms with Crippen LogP contribution in [0, 0.1) is 5.92 Å². The van der Waals surface area contributed by atoms with Crippen LogP contribution in [0.4, 0.5) is 10.5 Å². The van der Waals surface area contributed by atoms with Crippen LogP contribution in [0.5, 0.6) is 0 Å². The molecule has 6 nitrogen and oxygen atoms in total. The van der Waals surface area contributed by atoms with E-state index >= 15 is 0 Å². The van der Waals surface area contributed by atoms with Crippen LogP contribution in [0.15, 0.2) is 34.9 Å². The van der Waals surface area contributed by atoms with Crippen molar-refractivity contribution in [2.24, 2.45) is 5.92 Å². The summed E-state index contributed by atoms with van der Waals surface area (Å²) in [5.41, 5.74) is 0.971. The van der Waals surface area contributed by atoms with Crippen molar-refractivity contribution in [3.8, 4) is 11.5 Å². The lowest BCUT2D eigenvalue weighted by molar-refractivity contribution is 0.159. The van der Waals surface area contributed by atoms with Gasteiger partial charge in [0.05, 0.1) is 18.3 Å². The number of aliphatic hydroxyl groups excluding tert-OH is 1. The summed E-state index contributed by atoms with van der Waals surface area (Å²) in [7, 11) is 0. The van der Waals surface area contributed by atoms with Crippen molar-refractivity contribution in [3.05, 3.63) is 36.2 Å². The molecule has 3 N–H and O–H groups in total. The van der Waals surface area contributed by atoms with Crippen molar-refractivity contribution in [2.75, 3.05) is 11.9 Å². The molecule has 0 saturated heterocycles. The number of nitrogens with one attached hydrogen (secondary N) is 2. The number of aromatic nitrogens is 1. The predicted molar refractivity (Wildman–Crippen MR) is 96.4 cm³/mol. The number of carbonyl (C=O) groups excluding carboxylic acids is 1. The van der Waals surface area contributed by atoms with Gasteiger partial charge < -0.3 is 20.2 Å². The average molecular weight is 343 g/mol. The monoisotopic (exact) mass is 343 g/mol. The summed E-state index contributed by atoms with van der Waals surface area (Å²) in [5, 5.41) is 15.2. The minimum Gasteiger partial charge on any atom is -0.441 e. The quantitative estimate of drug-likeness (QED) is 0.745. The molecule has 1 atom stereocenters. The van der Waals surface area contributed by atoms with E-state index in [1.54, 1.807) is 6.20 Å². The van der Waals surface area contributed by atoms with Crippen LogP contribution in [-0.2, 0) is 0 Å². The van der Waals surface area contributed by atoms with Crippen molar-refractivity contribution in [1.29, 1.82) is 0 Å². The van der Waals surface area contributed by atoms with E-state index in [2.05, 4.69) is 29.5 Å². The normalized spacial score (nSPS) is 16.5. The molecule has 134 valence electrons. The van der Waals surface area contributed by atoms with Gasteiger partial charge >= 0.3 is 6.03 Å². The second-order valence-electron chi connectivity index (χ2n) is 7.23. The third-order valence-electron chi connectivity index (χ3n) is 4.69. The van der Waals surface area contributed by atoms with E-state index in [4.69, 9.17) is 4.42 Å². The van der Waals surface area contributed by atoms with Gasteiger partial charge in [-0.15, -0.1) is 0 Å². The number of rotatable bonds is 6. The lowest BCUT2D eigenvalue weighted by atomic mass is 9.97. The highest BCUT2D eigenvalue weighted by molar-refractivity contribution is 5.90. The molecule has 1 fully saturated rings. The number of oxazole rings is 1. The molecule has 6 heteroatoms. The maximum Gasteiger partial charge on any atom is 0.319 e. The smallest absolute Gasteiger partial charge is 0.319 e. The fraction of sp³-hybridized carbons (Fsp3) is 0.474. The largest absolute Gasteiger partial charge is 0.441 e. The van der Waals surface area contributed by atoms with Crippen LogP contribution in [0.2, 0.25) is 0 Å². The van der Waals surface area contributed by atoms with E-state index in [-0.39, 0.29) is 18.6 Å². The molecule has 1 aliphatic carbocycles. The van der Waals surface area contributed by atoms with Crippen LogP contribution in [0.1, 0.15) is 45.3 Å². The van der Waals surface area contributed by atoms with Crippen LogP contribution >= 0.6 is 0 Å². The summed E-state index contributed by atoms with van der Waals surface area (Å²) in [4.78, 5) is 16.5. The molecule has 3 rings (SSSR count). The first kappa shape index (κ1) is 17.5. The Morgan fingerprint density at radius 2 is 2.04 bits per heavy atom. The van der Waals surface area contributed by atoms with Gasteiger partial charge in [-0.1, -0.05) is 13.8 Å². The number of anilines is 1. The lowest BCUT2D eigenvalue weighted by Gasteiger charge is -2.28. The van der Waals surface area contributed by atoms with Gasteiger partial charge in [-0.2, -0.15) is 0 Å². The number of amides is 2. The molecule has 2 amide bonds. The number of aliphatic hydroxyl groups is 1. The Bertz CT molecular complexity index is 735. The molecule has 1 unspecified atom stereocenters. The molecule has 1 aliphatic rings. The SMILES string of the molecule is CC(C)c1cnc(-c2ccc(NC(=O)NC(C)(CO)C3CC3)cc2)o1. The molecular formula is C19H25N3O3. The average Bonchev–Trinajstić information content (AvgIpc) is 3.33. The highest BCUT2D eigenvalue weighted by Crippen LogP contribution is 2.39. The van der Waals surface area contributed by atoms with Crippen LogP contribution in [0.25, 0.3) is 11.5 Å². The summed E-state index contributed by atoms with van der Waals surface area (Å²) >= 11 is 0. The number of urea groups is 1. The second kappa shape index (κ2) is 6.88. The molecule has 1 aromatic carbocycles. The maximum atomic E-state index is 12.2. The summed E-state index contributed by atoms with van der Waals surface area (Å²) in [6, 6.07) is 7.02. The summed E-state index contributed by atoms with van der Waals surface area (Å²) in [6.45, 7) is 5.92. The summed E-state index contributed by atoms with van der Waals surface area (Å²) in [5.74, 6) is 2.06. The minimum absolute atomic E-state index is 0.0631. The number of hydrogen-bond donors (Lipinski definition) is 3. The van der Waals surface area contributed by atoms with Crippen molar-refractivity contribution in [3.63, 3.8) is 0 Å². The molecule has 0 radical (unpaired) electrons. The zero-order valence-electron chi connectivity index (χ0n) is 14.9. The third kappa shape index (κ3) is 4.02. The van der Waals surface area contributed by atoms with E-state index in [9.17, 15) is 9.90 Å². The van der Waals surface area contributed by atoms with Gasteiger partial charge in [-0.3, -0.25) is 0 Å². The van der Waals surface area contributed by atoms with E-state index in [0.29, 0.717) is 17.5 Å². The maximum absolute atomic E-state index is 12.2. The van der Waals surface area contributed by atoms with Gasteiger partial charge in [0.1, 0.15) is 5.76 Å². The lowest BCUT2D eigenvalue weighted by Crippen LogP contribution is -2.52. The Kier molecular flexibility index (Phi) is 4.81. The zero-order valence-corrected chi connectivity index (χ0v) is 14.9. The molecule has 0 spiro atoms. The molecule has 0 aliphatic heterocycles. The van der Waals surface area contributed by atoms with Crippen LogP contribution in [-0.4, -0.2) is 28.3 Å². The Morgan fingerprint density at radius 3 is 2.56 bits per heavy atom. The van der Waals surface area contributed by atoms with Crippen LogP contribution < -0.4 is 10.6 Å². The molecule has 25 heavy (non-hydrogen) atoms. The Labute approximate surface area is 147 Å². The van der Waals surface area contributed by atoms with Gasteiger partial charge in [0.2, 0.25) is 5.89 Å². The fourth-order valence-corrected chi connectivity index (χ4v) is 2.80. The molecule has 1 aromatic heterocycles. The van der Waals surface area contributed by atoms with Gasteiger partial charge in [-0.25, -0.2) is 9.78 Å². The number of hydrogen-bond acceptors (Lipinski definition) is 4. The second-order valence-corrected chi connectivity index (χ2v) is 7.23. The van der Waals surface area contributed by atoms with E-state index in [1.807, 2.05) is 31.2 Å². The Morgan fingerprint density at radius 1 is 1.36 bits per heavy atom. The van der Waals surface area contributed by atoms with Gasteiger partial charge in [0.15, 0.2) is 0 Å². The van der Waals surface area contributed by atoms with Crippen LogP contribution in [0.3, 0.4) is 0 Å². The van der Waals surface area contributed by atoms with E-state index in [1.165, 1.54) is 0 Å². The topological polar surface area (TPSA) is 87.4 Å².